The van der Waals surface area contributed by atoms with E-state index in [0.717, 1.165) is 5.69 Å². The fraction of sp³-hybridized carbons (Fsp3) is 0.357. The molecule has 0 unspecified atom stereocenters. The van der Waals surface area contributed by atoms with E-state index in [1.807, 2.05) is 0 Å². The fourth-order valence-corrected chi connectivity index (χ4v) is 1.51. The molecule has 21 heavy (non-hydrogen) atoms. The minimum absolute atomic E-state index is 0. The van der Waals surface area contributed by atoms with Gasteiger partial charge in [0.2, 0.25) is 0 Å². The van der Waals surface area contributed by atoms with Crippen LogP contribution in [0.25, 0.3) is 0 Å². The van der Waals surface area contributed by atoms with Crippen LogP contribution in [0, 0.1) is 0 Å². The molecule has 0 aliphatic carbocycles. The van der Waals surface area contributed by atoms with E-state index in [0.29, 0.717) is 12.2 Å². The van der Waals surface area contributed by atoms with Crippen molar-refractivity contribution in [3.63, 3.8) is 0 Å². The van der Waals surface area contributed by atoms with E-state index in [2.05, 4.69) is 16.3 Å². The summed E-state index contributed by atoms with van der Waals surface area (Å²) in [5.41, 5.74) is 6.99. The third kappa shape index (κ3) is 7.19. The third-order valence-electron chi connectivity index (χ3n) is 2.46. The monoisotopic (exact) mass is 298 g/mol. The lowest BCUT2D eigenvalue weighted by Crippen LogP contribution is -2.30. The van der Waals surface area contributed by atoms with Crippen molar-refractivity contribution >= 4 is 17.3 Å². The van der Waals surface area contributed by atoms with Crippen molar-refractivity contribution in [3.8, 4) is 0 Å². The highest BCUT2D eigenvalue weighted by Gasteiger charge is 2.11. The Bertz CT molecular complexity index is 434. The summed E-state index contributed by atoms with van der Waals surface area (Å²) in [7, 11) is 0. The Morgan fingerprint density at radius 2 is 1.86 bits per heavy atom. The highest BCUT2D eigenvalue weighted by atomic mass is 17.1. The molecule has 0 spiro atoms. The van der Waals surface area contributed by atoms with Gasteiger partial charge in [0.1, 0.15) is 0 Å². The van der Waals surface area contributed by atoms with Gasteiger partial charge in [-0.2, -0.15) is 5.90 Å². The van der Waals surface area contributed by atoms with Crippen LogP contribution in [0.5, 0.6) is 0 Å². The third-order valence-corrected chi connectivity index (χ3v) is 2.46. The maximum absolute atomic E-state index is 11.0. The van der Waals surface area contributed by atoms with Gasteiger partial charge in [0.25, 0.3) is 0 Å². The van der Waals surface area contributed by atoms with Crippen molar-refractivity contribution in [2.24, 2.45) is 5.90 Å². The molecule has 0 amide bonds. The lowest BCUT2D eigenvalue weighted by molar-refractivity contribution is -0.671. The summed E-state index contributed by atoms with van der Waals surface area (Å²) in [5, 5.41) is 10.3. The standard InChI is InChI=1S/C12H17N3O4.2CH4/c1-9(19-17)8-15(7-6-12(16)18-14)11-4-2-10(13)3-5-11;;/h2-5,17H,1,6-8,13-14H2;2*1H4/p-1. The van der Waals surface area contributed by atoms with Crippen molar-refractivity contribution in [2.45, 2.75) is 21.3 Å². The molecular weight excluding hydrogens is 274 g/mol. The second-order valence-corrected chi connectivity index (χ2v) is 3.87. The van der Waals surface area contributed by atoms with Gasteiger partial charge in [0.15, 0.2) is 0 Å². The summed E-state index contributed by atoms with van der Waals surface area (Å²) >= 11 is 0. The molecule has 1 aromatic rings. The molecule has 0 bridgehead atoms. The second-order valence-electron chi connectivity index (χ2n) is 3.87. The normalized spacial score (nSPS) is 8.86. The number of nitrogens with two attached hydrogens (primary N) is 2. The summed E-state index contributed by atoms with van der Waals surface area (Å²) in [6.45, 7) is 3.93. The van der Waals surface area contributed by atoms with Crippen molar-refractivity contribution in [2.75, 3.05) is 23.7 Å². The molecule has 1 rings (SSSR count). The first kappa shape index (κ1) is 21.1. The van der Waals surface area contributed by atoms with Crippen molar-refractivity contribution in [1.82, 2.24) is 0 Å². The Labute approximate surface area is 125 Å². The van der Waals surface area contributed by atoms with E-state index in [9.17, 15) is 10.1 Å². The van der Waals surface area contributed by atoms with Crippen molar-refractivity contribution in [1.29, 1.82) is 0 Å². The number of rotatable bonds is 7. The molecule has 7 heteroatoms. The van der Waals surface area contributed by atoms with Crippen LogP contribution in [0.15, 0.2) is 36.6 Å². The van der Waals surface area contributed by atoms with Crippen LogP contribution < -0.4 is 21.8 Å². The van der Waals surface area contributed by atoms with Crippen molar-refractivity contribution < 1.29 is 19.8 Å². The van der Waals surface area contributed by atoms with Crippen LogP contribution in [-0.4, -0.2) is 19.1 Å². The SMILES string of the molecule is C.C.C=C(CN(CCC(=O)ON)c1ccc(N)cc1)O[O-]. The van der Waals surface area contributed by atoms with Crippen LogP contribution >= 0.6 is 0 Å². The summed E-state index contributed by atoms with van der Waals surface area (Å²) < 4.78 is 0. The van der Waals surface area contributed by atoms with Crippen LogP contribution in [0.1, 0.15) is 21.3 Å². The van der Waals surface area contributed by atoms with Gasteiger partial charge in [-0.3, -0.25) is 4.79 Å². The van der Waals surface area contributed by atoms with E-state index in [1.54, 1.807) is 29.2 Å². The highest BCUT2D eigenvalue weighted by molar-refractivity contribution is 5.70. The molecule has 0 fully saturated rings. The zero-order chi connectivity index (χ0) is 14.3. The predicted molar refractivity (Wildman–Crippen MR) is 81.7 cm³/mol. The molecule has 0 saturated heterocycles. The smallest absolute Gasteiger partial charge is 0.326 e. The topological polar surface area (TPSA) is 114 Å². The zero-order valence-corrected chi connectivity index (χ0v) is 10.4. The Morgan fingerprint density at radius 3 is 2.33 bits per heavy atom. The zero-order valence-electron chi connectivity index (χ0n) is 10.4. The molecule has 0 saturated carbocycles. The van der Waals surface area contributed by atoms with Gasteiger partial charge in [-0.15, -0.1) is 0 Å². The van der Waals surface area contributed by atoms with Gasteiger partial charge in [-0.1, -0.05) is 21.4 Å². The molecular formula is C14H24N3O4-. The predicted octanol–water partition coefficient (Wildman–Crippen LogP) is 0.960. The van der Waals surface area contributed by atoms with Gasteiger partial charge < -0.3 is 25.6 Å². The van der Waals surface area contributed by atoms with E-state index in [1.165, 1.54) is 0 Å². The van der Waals surface area contributed by atoms with Gasteiger partial charge >= 0.3 is 5.97 Å². The molecule has 0 atom stereocenters. The Kier molecular flexibility index (Phi) is 10.6. The summed E-state index contributed by atoms with van der Waals surface area (Å²) in [5.74, 6) is 4.26. The largest absolute Gasteiger partial charge is 0.664 e. The highest BCUT2D eigenvalue weighted by Crippen LogP contribution is 2.17. The van der Waals surface area contributed by atoms with Crippen LogP contribution in [0.4, 0.5) is 11.4 Å². The van der Waals surface area contributed by atoms with Gasteiger partial charge in [-0.05, 0) is 24.3 Å². The first-order valence-electron chi connectivity index (χ1n) is 5.54. The molecule has 4 N–H and O–H groups in total. The average Bonchev–Trinajstić information content (AvgIpc) is 2.43. The quantitative estimate of drug-likeness (QED) is 0.333. The molecule has 120 valence electrons. The van der Waals surface area contributed by atoms with E-state index >= 15 is 0 Å². The summed E-state index contributed by atoms with van der Waals surface area (Å²) in [6.07, 6.45) is 0.0764. The number of nitrogen functional groups attached to an aromatic ring is 1. The number of nitrogens with zero attached hydrogens (tertiary/aromatic N) is 1. The molecule has 0 radical (unpaired) electrons. The molecule has 7 nitrogen and oxygen atoms in total. The Balaban J connectivity index is 0. The van der Waals surface area contributed by atoms with E-state index in [4.69, 9.17) is 11.6 Å². The number of carbonyl (C=O) groups is 1. The number of anilines is 2. The fourth-order valence-electron chi connectivity index (χ4n) is 1.51. The minimum atomic E-state index is -0.547. The molecule has 1 aromatic carbocycles. The minimum Gasteiger partial charge on any atom is -0.664 e. The van der Waals surface area contributed by atoms with E-state index in [-0.39, 0.29) is 33.6 Å². The van der Waals surface area contributed by atoms with E-state index < -0.39 is 5.97 Å². The van der Waals surface area contributed by atoms with Gasteiger partial charge in [-0.25, -0.2) is 0 Å². The molecule has 0 heterocycles. The van der Waals surface area contributed by atoms with Crippen molar-refractivity contribution in [3.05, 3.63) is 36.6 Å². The number of hydrogen-bond acceptors (Lipinski definition) is 7. The molecule has 0 aliphatic heterocycles. The first-order chi connectivity index (χ1) is 9.06. The average molecular weight is 298 g/mol. The number of hydrogen-bond donors (Lipinski definition) is 2. The molecule has 0 aromatic heterocycles. The van der Waals surface area contributed by atoms with Gasteiger partial charge in [0, 0.05) is 17.9 Å². The lowest BCUT2D eigenvalue weighted by atomic mass is 10.2. The van der Waals surface area contributed by atoms with Crippen LogP contribution in [-0.2, 0) is 14.5 Å². The number of carbonyl (C=O) groups excluding carboxylic acids is 1. The summed E-state index contributed by atoms with van der Waals surface area (Å²) in [6, 6.07) is 6.96. The molecule has 0 aliphatic rings. The lowest BCUT2D eigenvalue weighted by Gasteiger charge is -2.26. The number of benzene rings is 1. The Hall–Kier alpha value is -2.25. The van der Waals surface area contributed by atoms with Gasteiger partial charge in [0.05, 0.1) is 18.7 Å². The maximum Gasteiger partial charge on any atom is 0.326 e. The maximum atomic E-state index is 11.0. The summed E-state index contributed by atoms with van der Waals surface area (Å²) in [4.78, 5) is 20.7. The second kappa shape index (κ2) is 10.5. The van der Waals surface area contributed by atoms with Crippen LogP contribution in [0.2, 0.25) is 0 Å². The van der Waals surface area contributed by atoms with Crippen LogP contribution in [0.3, 0.4) is 0 Å². The Morgan fingerprint density at radius 1 is 1.29 bits per heavy atom. The first-order valence-corrected chi connectivity index (χ1v) is 5.54.